The zero-order valence-electron chi connectivity index (χ0n) is 18.0. The highest BCUT2D eigenvalue weighted by molar-refractivity contribution is 9.10. The molecule has 9 nitrogen and oxygen atoms in total. The number of carbonyl (C=O) groups is 3. The minimum atomic E-state index is -3.68. The third-order valence-electron chi connectivity index (χ3n) is 4.42. The number of esters is 1. The molecule has 0 spiro atoms. The normalized spacial score (nSPS) is 12.2. The van der Waals surface area contributed by atoms with Gasteiger partial charge in [0.25, 0.3) is 11.8 Å². The maximum absolute atomic E-state index is 12.4. The average Bonchev–Trinajstić information content (AvgIpc) is 2.73. The summed E-state index contributed by atoms with van der Waals surface area (Å²) < 4.78 is 31.6. The fourth-order valence-electron chi connectivity index (χ4n) is 2.49. The number of amides is 2. The van der Waals surface area contributed by atoms with Crippen molar-refractivity contribution in [1.82, 2.24) is 9.62 Å². The highest BCUT2D eigenvalue weighted by Gasteiger charge is 2.22. The van der Waals surface area contributed by atoms with Gasteiger partial charge in [0.1, 0.15) is 6.54 Å². The SMILES string of the molecule is Cc1ccc(S(=O)(=O)N(C)C)cc1NC(=O)[C@H](C)OC(=O)CNC(=O)c1ccc(Br)cc1. The van der Waals surface area contributed by atoms with E-state index >= 15 is 0 Å². The van der Waals surface area contributed by atoms with Crippen LogP contribution < -0.4 is 10.6 Å². The summed E-state index contributed by atoms with van der Waals surface area (Å²) in [6.45, 7) is 2.66. The molecule has 172 valence electrons. The Labute approximate surface area is 195 Å². The summed E-state index contributed by atoms with van der Waals surface area (Å²) in [4.78, 5) is 36.5. The van der Waals surface area contributed by atoms with E-state index in [0.29, 0.717) is 11.1 Å². The summed E-state index contributed by atoms with van der Waals surface area (Å²) in [6, 6.07) is 10.9. The molecule has 2 aromatic carbocycles. The zero-order valence-corrected chi connectivity index (χ0v) is 20.4. The number of nitrogens with one attached hydrogen (secondary N) is 2. The Bertz CT molecular complexity index is 1120. The Kier molecular flexibility index (Phi) is 8.53. The van der Waals surface area contributed by atoms with E-state index in [9.17, 15) is 22.8 Å². The van der Waals surface area contributed by atoms with E-state index in [-0.39, 0.29) is 10.6 Å². The first-order valence-corrected chi connectivity index (χ1v) is 11.7. The number of halogens is 1. The van der Waals surface area contributed by atoms with Crippen molar-refractivity contribution in [2.24, 2.45) is 0 Å². The molecular weight excluding hydrogens is 502 g/mol. The number of carbonyl (C=O) groups excluding carboxylic acids is 3. The number of anilines is 1. The molecule has 2 aromatic rings. The van der Waals surface area contributed by atoms with Crippen molar-refractivity contribution in [1.29, 1.82) is 0 Å². The van der Waals surface area contributed by atoms with Crippen LogP contribution in [-0.2, 0) is 24.3 Å². The molecule has 0 radical (unpaired) electrons. The number of ether oxygens (including phenoxy) is 1. The molecule has 2 N–H and O–H groups in total. The molecule has 11 heteroatoms. The fraction of sp³-hybridized carbons (Fsp3) is 0.286. The van der Waals surface area contributed by atoms with Gasteiger partial charge in [-0.2, -0.15) is 0 Å². The smallest absolute Gasteiger partial charge is 0.326 e. The van der Waals surface area contributed by atoms with Gasteiger partial charge in [-0.05, 0) is 55.8 Å². The molecule has 1 atom stereocenters. The van der Waals surface area contributed by atoms with Crippen LogP contribution in [0.2, 0.25) is 0 Å². The van der Waals surface area contributed by atoms with Crippen LogP contribution in [-0.4, -0.2) is 57.3 Å². The van der Waals surface area contributed by atoms with Gasteiger partial charge in [0.2, 0.25) is 10.0 Å². The first-order chi connectivity index (χ1) is 14.9. The van der Waals surface area contributed by atoms with Crippen molar-refractivity contribution in [3.8, 4) is 0 Å². The summed E-state index contributed by atoms with van der Waals surface area (Å²) in [6.07, 6.45) is -1.17. The first kappa shape index (κ1) is 25.5. The van der Waals surface area contributed by atoms with Crippen LogP contribution in [0.3, 0.4) is 0 Å². The predicted octanol–water partition coefficient (Wildman–Crippen LogP) is 2.31. The maximum Gasteiger partial charge on any atom is 0.326 e. The van der Waals surface area contributed by atoms with E-state index in [4.69, 9.17) is 4.74 Å². The van der Waals surface area contributed by atoms with Crippen LogP contribution in [0.1, 0.15) is 22.8 Å². The molecule has 0 unspecified atom stereocenters. The molecular formula is C21H24BrN3O6S. The van der Waals surface area contributed by atoms with Crippen molar-refractivity contribution >= 4 is 49.4 Å². The number of benzene rings is 2. The molecule has 2 rings (SSSR count). The van der Waals surface area contributed by atoms with Gasteiger partial charge in [-0.15, -0.1) is 0 Å². The Balaban J connectivity index is 1.96. The lowest BCUT2D eigenvalue weighted by atomic mass is 10.2. The quantitative estimate of drug-likeness (QED) is 0.510. The second-order valence-electron chi connectivity index (χ2n) is 7.08. The number of sulfonamides is 1. The lowest BCUT2D eigenvalue weighted by molar-refractivity contribution is -0.152. The van der Waals surface area contributed by atoms with Gasteiger partial charge < -0.3 is 15.4 Å². The molecule has 0 saturated heterocycles. The monoisotopic (exact) mass is 525 g/mol. The minimum absolute atomic E-state index is 0.0173. The maximum atomic E-state index is 12.4. The van der Waals surface area contributed by atoms with Crippen molar-refractivity contribution in [2.75, 3.05) is 26.0 Å². The molecule has 0 aliphatic heterocycles. The van der Waals surface area contributed by atoms with Crippen molar-refractivity contribution in [2.45, 2.75) is 24.8 Å². The number of rotatable bonds is 8. The van der Waals surface area contributed by atoms with E-state index in [1.165, 1.54) is 33.2 Å². The summed E-state index contributed by atoms with van der Waals surface area (Å²) in [5.74, 6) is -1.89. The lowest BCUT2D eigenvalue weighted by Gasteiger charge is -2.17. The largest absolute Gasteiger partial charge is 0.451 e. The van der Waals surface area contributed by atoms with Gasteiger partial charge in [0.05, 0.1) is 4.90 Å². The lowest BCUT2D eigenvalue weighted by Crippen LogP contribution is -2.36. The van der Waals surface area contributed by atoms with Crippen LogP contribution in [0, 0.1) is 6.92 Å². The van der Waals surface area contributed by atoms with Crippen molar-refractivity contribution in [3.63, 3.8) is 0 Å². The van der Waals surface area contributed by atoms with Gasteiger partial charge in [-0.3, -0.25) is 14.4 Å². The average molecular weight is 526 g/mol. The molecule has 0 saturated carbocycles. The first-order valence-electron chi connectivity index (χ1n) is 9.49. The molecule has 0 aliphatic carbocycles. The van der Waals surface area contributed by atoms with Gasteiger partial charge in [0.15, 0.2) is 6.10 Å². The third kappa shape index (κ3) is 6.62. The third-order valence-corrected chi connectivity index (χ3v) is 6.76. The van der Waals surface area contributed by atoms with Crippen molar-refractivity contribution < 1.29 is 27.5 Å². The van der Waals surface area contributed by atoms with E-state index in [2.05, 4.69) is 26.6 Å². The zero-order chi connectivity index (χ0) is 24.1. The van der Waals surface area contributed by atoms with Gasteiger partial charge in [-0.1, -0.05) is 22.0 Å². The van der Waals surface area contributed by atoms with E-state index in [1.54, 1.807) is 37.3 Å². The summed E-state index contributed by atoms with van der Waals surface area (Å²) in [5, 5.41) is 5.00. The Hall–Kier alpha value is -2.76. The number of hydrogen-bond donors (Lipinski definition) is 2. The van der Waals surface area contributed by atoms with Crippen LogP contribution in [0.4, 0.5) is 5.69 Å². The van der Waals surface area contributed by atoms with E-state index < -0.39 is 40.5 Å². The molecule has 0 aromatic heterocycles. The number of nitrogens with zero attached hydrogens (tertiary/aromatic N) is 1. The highest BCUT2D eigenvalue weighted by Crippen LogP contribution is 2.22. The Morgan fingerprint density at radius 2 is 1.72 bits per heavy atom. The molecule has 32 heavy (non-hydrogen) atoms. The second-order valence-corrected chi connectivity index (χ2v) is 10.1. The number of hydrogen-bond acceptors (Lipinski definition) is 6. The molecule has 0 heterocycles. The van der Waals surface area contributed by atoms with Crippen molar-refractivity contribution in [3.05, 3.63) is 58.1 Å². The van der Waals surface area contributed by atoms with E-state index in [0.717, 1.165) is 8.78 Å². The fourth-order valence-corrected chi connectivity index (χ4v) is 3.68. The van der Waals surface area contributed by atoms with E-state index in [1.807, 2.05) is 0 Å². The number of aryl methyl sites for hydroxylation is 1. The Morgan fingerprint density at radius 3 is 2.31 bits per heavy atom. The summed E-state index contributed by atoms with van der Waals surface area (Å²) in [7, 11) is -0.864. The molecule has 0 fully saturated rings. The van der Waals surface area contributed by atoms with Gasteiger partial charge >= 0.3 is 5.97 Å². The summed E-state index contributed by atoms with van der Waals surface area (Å²) >= 11 is 3.27. The molecule has 0 aliphatic rings. The van der Waals surface area contributed by atoms with Gasteiger partial charge in [0, 0.05) is 29.8 Å². The van der Waals surface area contributed by atoms with Crippen LogP contribution >= 0.6 is 15.9 Å². The van der Waals surface area contributed by atoms with Crippen LogP contribution in [0.25, 0.3) is 0 Å². The molecule has 2 amide bonds. The van der Waals surface area contributed by atoms with Crippen LogP contribution in [0.5, 0.6) is 0 Å². The highest BCUT2D eigenvalue weighted by atomic mass is 79.9. The Morgan fingerprint density at radius 1 is 1.09 bits per heavy atom. The van der Waals surface area contributed by atoms with Gasteiger partial charge in [-0.25, -0.2) is 12.7 Å². The van der Waals surface area contributed by atoms with Crippen LogP contribution in [0.15, 0.2) is 51.8 Å². The second kappa shape index (κ2) is 10.7. The predicted molar refractivity (Wildman–Crippen MR) is 123 cm³/mol. The summed E-state index contributed by atoms with van der Waals surface area (Å²) in [5.41, 5.74) is 1.29. The minimum Gasteiger partial charge on any atom is -0.451 e. The standard InChI is InChI=1S/C21H24BrN3O6S/c1-13-5-10-17(32(29,30)25(3)4)11-18(13)24-20(27)14(2)31-19(26)12-23-21(28)15-6-8-16(22)9-7-15/h5-11,14H,12H2,1-4H3,(H,23,28)(H,24,27)/t14-/m0/s1. The topological polar surface area (TPSA) is 122 Å². The molecule has 0 bridgehead atoms.